The highest BCUT2D eigenvalue weighted by molar-refractivity contribution is 8.13. The number of halogens is 1. The lowest BCUT2D eigenvalue weighted by atomic mass is 10.2. The van der Waals surface area contributed by atoms with Crippen LogP contribution in [0.3, 0.4) is 0 Å². The van der Waals surface area contributed by atoms with Gasteiger partial charge in [-0.2, -0.15) is 0 Å². The number of carbonyl (C=O) groups excluding carboxylic acids is 1. The smallest absolute Gasteiger partial charge is 0.269 e. The van der Waals surface area contributed by atoms with Crippen molar-refractivity contribution in [2.24, 2.45) is 4.99 Å². The first-order valence-electron chi connectivity index (χ1n) is 8.05. The zero-order valence-corrected chi connectivity index (χ0v) is 16.0. The molecule has 140 valence electrons. The number of benzene rings is 2. The van der Waals surface area contributed by atoms with Gasteiger partial charge in [0.25, 0.3) is 11.6 Å². The third-order valence-corrected chi connectivity index (χ3v) is 5.25. The van der Waals surface area contributed by atoms with Gasteiger partial charge in [-0.25, -0.2) is 0 Å². The Morgan fingerprint density at radius 1 is 1.37 bits per heavy atom. The predicted molar refractivity (Wildman–Crippen MR) is 106 cm³/mol. The number of nitro groups is 1. The fourth-order valence-electron chi connectivity index (χ4n) is 2.64. The van der Waals surface area contributed by atoms with Gasteiger partial charge in [-0.15, -0.1) is 0 Å². The summed E-state index contributed by atoms with van der Waals surface area (Å²) >= 11 is 7.39. The Balaban J connectivity index is 1.74. The number of non-ortho nitro benzene ring substituents is 1. The second kappa shape index (κ2) is 8.41. The number of amides is 1. The molecule has 1 amide bonds. The monoisotopic (exact) mass is 405 g/mol. The Morgan fingerprint density at radius 2 is 2.19 bits per heavy atom. The molecule has 0 bridgehead atoms. The van der Waals surface area contributed by atoms with E-state index in [0.29, 0.717) is 40.3 Å². The van der Waals surface area contributed by atoms with Gasteiger partial charge in [0.1, 0.15) is 5.75 Å². The van der Waals surface area contributed by atoms with Crippen molar-refractivity contribution in [2.75, 3.05) is 20.2 Å². The lowest BCUT2D eigenvalue weighted by Gasteiger charge is -2.19. The molecule has 7 nitrogen and oxygen atoms in total. The van der Waals surface area contributed by atoms with Crippen molar-refractivity contribution in [1.29, 1.82) is 0 Å². The van der Waals surface area contributed by atoms with E-state index in [1.54, 1.807) is 29.2 Å². The first kappa shape index (κ1) is 19.2. The number of amidine groups is 1. The summed E-state index contributed by atoms with van der Waals surface area (Å²) in [6, 6.07) is 11.3. The molecule has 0 saturated carbocycles. The normalized spacial score (nSPS) is 13.4. The van der Waals surface area contributed by atoms with Crippen molar-refractivity contribution in [3.63, 3.8) is 0 Å². The maximum Gasteiger partial charge on any atom is 0.269 e. The second-order valence-electron chi connectivity index (χ2n) is 5.68. The zero-order chi connectivity index (χ0) is 19.4. The summed E-state index contributed by atoms with van der Waals surface area (Å²) in [6.45, 7) is 0.970. The summed E-state index contributed by atoms with van der Waals surface area (Å²) in [5.41, 5.74) is 1.20. The fourth-order valence-corrected chi connectivity index (χ4v) is 3.80. The van der Waals surface area contributed by atoms with Gasteiger partial charge in [0, 0.05) is 29.5 Å². The van der Waals surface area contributed by atoms with Crippen LogP contribution in [-0.2, 0) is 5.75 Å². The number of nitrogens with zero attached hydrogens (tertiary/aromatic N) is 3. The first-order chi connectivity index (χ1) is 13.0. The van der Waals surface area contributed by atoms with Gasteiger partial charge in [-0.1, -0.05) is 35.5 Å². The van der Waals surface area contributed by atoms with Crippen LogP contribution >= 0.6 is 23.4 Å². The SMILES string of the molecule is COc1ccc(Cl)cc1C(=O)N1CCN=C1SCc1cccc([N+](=O)[O-])c1. The molecule has 1 heterocycles. The number of thioether (sulfide) groups is 1. The van der Waals surface area contributed by atoms with Crippen molar-refractivity contribution in [3.05, 3.63) is 68.7 Å². The van der Waals surface area contributed by atoms with Crippen LogP contribution in [0.5, 0.6) is 5.75 Å². The topological polar surface area (TPSA) is 85.0 Å². The van der Waals surface area contributed by atoms with Crippen LogP contribution < -0.4 is 4.74 Å². The maximum absolute atomic E-state index is 12.9. The van der Waals surface area contributed by atoms with E-state index in [2.05, 4.69) is 4.99 Å². The minimum absolute atomic E-state index is 0.0399. The number of methoxy groups -OCH3 is 1. The quantitative estimate of drug-likeness (QED) is 0.554. The molecule has 0 saturated heterocycles. The third-order valence-electron chi connectivity index (χ3n) is 3.93. The van der Waals surface area contributed by atoms with Crippen molar-refractivity contribution in [2.45, 2.75) is 5.75 Å². The number of ether oxygens (including phenoxy) is 1. The Labute approximate surface area is 165 Å². The molecule has 9 heteroatoms. The van der Waals surface area contributed by atoms with Crippen LogP contribution in [0.4, 0.5) is 5.69 Å². The van der Waals surface area contributed by atoms with Gasteiger partial charge in [0.05, 0.1) is 24.1 Å². The molecule has 0 aromatic heterocycles. The average Bonchev–Trinajstić information content (AvgIpc) is 3.14. The van der Waals surface area contributed by atoms with Gasteiger partial charge in [-0.3, -0.25) is 24.8 Å². The molecule has 1 aliphatic heterocycles. The van der Waals surface area contributed by atoms with Crippen LogP contribution in [-0.4, -0.2) is 41.1 Å². The van der Waals surface area contributed by atoms with Gasteiger partial charge in [-0.05, 0) is 23.8 Å². The molecule has 0 radical (unpaired) electrons. The van der Waals surface area contributed by atoms with Gasteiger partial charge in [0.15, 0.2) is 5.17 Å². The number of hydrogen-bond donors (Lipinski definition) is 0. The second-order valence-corrected chi connectivity index (χ2v) is 7.06. The minimum Gasteiger partial charge on any atom is -0.496 e. The lowest BCUT2D eigenvalue weighted by molar-refractivity contribution is -0.384. The van der Waals surface area contributed by atoms with Crippen LogP contribution in [0, 0.1) is 10.1 Å². The maximum atomic E-state index is 12.9. The van der Waals surface area contributed by atoms with E-state index in [0.717, 1.165) is 5.56 Å². The van der Waals surface area contributed by atoms with E-state index < -0.39 is 4.92 Å². The summed E-state index contributed by atoms with van der Waals surface area (Å²) in [5, 5.41) is 11.9. The Morgan fingerprint density at radius 3 is 2.93 bits per heavy atom. The largest absolute Gasteiger partial charge is 0.496 e. The molecule has 0 aliphatic carbocycles. The van der Waals surface area contributed by atoms with Crippen molar-refractivity contribution < 1.29 is 14.5 Å². The lowest BCUT2D eigenvalue weighted by Crippen LogP contribution is -2.33. The van der Waals surface area contributed by atoms with E-state index in [-0.39, 0.29) is 11.6 Å². The Hall–Kier alpha value is -2.58. The molecule has 27 heavy (non-hydrogen) atoms. The van der Waals surface area contributed by atoms with E-state index in [9.17, 15) is 14.9 Å². The van der Waals surface area contributed by atoms with E-state index >= 15 is 0 Å². The molecular weight excluding hydrogens is 390 g/mol. The molecule has 0 unspecified atom stereocenters. The van der Waals surface area contributed by atoms with Crippen LogP contribution in [0.25, 0.3) is 0 Å². The summed E-state index contributed by atoms with van der Waals surface area (Å²) in [4.78, 5) is 29.4. The standard InChI is InChI=1S/C18H16ClN3O4S/c1-26-16-6-5-13(19)10-15(16)17(23)21-8-7-20-18(21)27-11-12-3-2-4-14(9-12)22(24)25/h2-6,9-10H,7-8,11H2,1H3. The summed E-state index contributed by atoms with van der Waals surface area (Å²) < 4.78 is 5.26. The first-order valence-corrected chi connectivity index (χ1v) is 9.42. The highest BCUT2D eigenvalue weighted by Gasteiger charge is 2.27. The number of hydrogen-bond acceptors (Lipinski definition) is 6. The average molecular weight is 406 g/mol. The molecule has 0 spiro atoms. The van der Waals surface area contributed by atoms with Gasteiger partial charge >= 0.3 is 0 Å². The minimum atomic E-state index is -0.428. The van der Waals surface area contributed by atoms with Crippen molar-refractivity contribution >= 4 is 40.1 Å². The highest BCUT2D eigenvalue weighted by Crippen LogP contribution is 2.28. The summed E-state index contributed by atoms with van der Waals surface area (Å²) in [5.74, 6) is 0.674. The number of aliphatic imine (C=N–C) groups is 1. The predicted octanol–water partition coefficient (Wildman–Crippen LogP) is 4.00. The highest BCUT2D eigenvalue weighted by atomic mass is 35.5. The third kappa shape index (κ3) is 4.40. The molecule has 3 rings (SSSR count). The molecular formula is C18H16ClN3O4S. The van der Waals surface area contributed by atoms with Crippen molar-refractivity contribution in [3.8, 4) is 5.75 Å². The van der Waals surface area contributed by atoms with E-state index in [1.807, 2.05) is 6.07 Å². The Kier molecular flexibility index (Phi) is 5.98. The molecule has 2 aromatic carbocycles. The Bertz CT molecular complexity index is 919. The molecule has 0 N–H and O–H groups in total. The van der Waals surface area contributed by atoms with E-state index in [4.69, 9.17) is 16.3 Å². The van der Waals surface area contributed by atoms with Crippen molar-refractivity contribution in [1.82, 2.24) is 4.90 Å². The number of rotatable bonds is 5. The van der Waals surface area contributed by atoms with E-state index in [1.165, 1.54) is 31.0 Å². The number of nitro benzene ring substituents is 1. The zero-order valence-electron chi connectivity index (χ0n) is 14.4. The fraction of sp³-hybridized carbons (Fsp3) is 0.222. The molecule has 0 fully saturated rings. The van der Waals surface area contributed by atoms with Gasteiger partial charge in [0.2, 0.25) is 0 Å². The van der Waals surface area contributed by atoms with Crippen LogP contribution in [0.1, 0.15) is 15.9 Å². The van der Waals surface area contributed by atoms with Gasteiger partial charge < -0.3 is 4.74 Å². The molecule has 1 aliphatic rings. The molecule has 0 atom stereocenters. The van der Waals surface area contributed by atoms with Crippen LogP contribution in [0.15, 0.2) is 47.5 Å². The molecule has 2 aromatic rings. The summed E-state index contributed by atoms with van der Waals surface area (Å²) in [7, 11) is 1.50. The summed E-state index contributed by atoms with van der Waals surface area (Å²) in [6.07, 6.45) is 0. The number of carbonyl (C=O) groups is 1. The van der Waals surface area contributed by atoms with Crippen LogP contribution in [0.2, 0.25) is 5.02 Å².